The van der Waals surface area contributed by atoms with Crippen LogP contribution in [0.5, 0.6) is 0 Å². The second kappa shape index (κ2) is 4.92. The first-order valence-corrected chi connectivity index (χ1v) is 6.08. The summed E-state index contributed by atoms with van der Waals surface area (Å²) in [6, 6.07) is 2.20. The zero-order chi connectivity index (χ0) is 14.1. The number of carbonyl (C=O) groups excluding carboxylic acids is 1. The third-order valence-electron chi connectivity index (χ3n) is 3.28. The van der Waals surface area contributed by atoms with Crippen LogP contribution in [0.1, 0.15) is 24.3 Å². The van der Waals surface area contributed by atoms with Crippen LogP contribution in [-0.4, -0.2) is 26.0 Å². The van der Waals surface area contributed by atoms with Gasteiger partial charge in [0.05, 0.1) is 0 Å². The van der Waals surface area contributed by atoms with Crippen LogP contribution in [0.15, 0.2) is 30.6 Å². The molecule has 0 N–H and O–H groups in total. The predicted molar refractivity (Wildman–Crippen MR) is 65.2 cm³/mol. The summed E-state index contributed by atoms with van der Waals surface area (Å²) in [6.07, 6.45) is 5.05. The van der Waals surface area contributed by atoms with Crippen molar-refractivity contribution in [3.05, 3.63) is 47.8 Å². The standard InChI is InChI=1S/C13H10F2N4O/c14-11-6-13(19-7-16-17-18-19)12(15)5-10(11)8-1-3-9(20)4-2-8/h1,3,5-8H,2,4H2. The SMILES string of the molecule is O=C1C=CC(c2cc(F)c(-n3cnnn3)cc2F)CC1. The second-order valence-corrected chi connectivity index (χ2v) is 4.55. The third kappa shape index (κ3) is 2.22. The largest absolute Gasteiger partial charge is 0.295 e. The average Bonchev–Trinajstić information content (AvgIpc) is 2.96. The molecular weight excluding hydrogens is 266 g/mol. The first-order chi connectivity index (χ1) is 9.65. The van der Waals surface area contributed by atoms with Crippen molar-refractivity contribution in [2.75, 3.05) is 0 Å². The molecule has 5 nitrogen and oxygen atoms in total. The Balaban J connectivity index is 2.00. The van der Waals surface area contributed by atoms with Gasteiger partial charge >= 0.3 is 0 Å². The molecule has 20 heavy (non-hydrogen) atoms. The number of allylic oxidation sites excluding steroid dienone is 2. The van der Waals surface area contributed by atoms with Gasteiger partial charge in [0.1, 0.15) is 23.6 Å². The summed E-state index contributed by atoms with van der Waals surface area (Å²) < 4.78 is 29.2. The summed E-state index contributed by atoms with van der Waals surface area (Å²) >= 11 is 0. The fraction of sp³-hybridized carbons (Fsp3) is 0.231. The van der Waals surface area contributed by atoms with Crippen LogP contribution in [-0.2, 0) is 4.79 Å². The molecule has 1 unspecified atom stereocenters. The minimum Gasteiger partial charge on any atom is -0.295 e. The summed E-state index contributed by atoms with van der Waals surface area (Å²) in [5.74, 6) is -1.43. The number of aromatic nitrogens is 4. The first kappa shape index (κ1) is 12.6. The molecule has 0 aliphatic heterocycles. The van der Waals surface area contributed by atoms with Crippen LogP contribution in [0.3, 0.4) is 0 Å². The van der Waals surface area contributed by atoms with Crippen molar-refractivity contribution in [3.8, 4) is 5.69 Å². The number of halogens is 2. The maximum atomic E-state index is 14.1. The maximum Gasteiger partial charge on any atom is 0.155 e. The van der Waals surface area contributed by atoms with E-state index in [1.165, 1.54) is 12.4 Å². The van der Waals surface area contributed by atoms with Crippen LogP contribution in [0.4, 0.5) is 8.78 Å². The van der Waals surface area contributed by atoms with Crippen molar-refractivity contribution in [3.63, 3.8) is 0 Å². The van der Waals surface area contributed by atoms with Gasteiger partial charge in [-0.05, 0) is 34.6 Å². The number of hydrogen-bond acceptors (Lipinski definition) is 4. The lowest BCUT2D eigenvalue weighted by Crippen LogP contribution is -2.10. The van der Waals surface area contributed by atoms with E-state index in [0.717, 1.165) is 16.8 Å². The number of rotatable bonds is 2. The maximum absolute atomic E-state index is 14.1. The molecule has 0 saturated carbocycles. The molecule has 0 amide bonds. The van der Waals surface area contributed by atoms with E-state index in [-0.39, 0.29) is 23.0 Å². The van der Waals surface area contributed by atoms with Crippen molar-refractivity contribution in [2.24, 2.45) is 0 Å². The van der Waals surface area contributed by atoms with E-state index in [9.17, 15) is 13.6 Å². The number of hydrogen-bond donors (Lipinski definition) is 0. The number of carbonyl (C=O) groups is 1. The molecule has 2 aromatic rings. The van der Waals surface area contributed by atoms with E-state index in [0.29, 0.717) is 12.8 Å². The van der Waals surface area contributed by atoms with Crippen LogP contribution >= 0.6 is 0 Å². The Hall–Kier alpha value is -2.44. The highest BCUT2D eigenvalue weighted by Gasteiger charge is 2.21. The van der Waals surface area contributed by atoms with Gasteiger partial charge in [0, 0.05) is 18.4 Å². The highest BCUT2D eigenvalue weighted by Crippen LogP contribution is 2.30. The van der Waals surface area contributed by atoms with E-state index < -0.39 is 11.6 Å². The molecule has 1 heterocycles. The van der Waals surface area contributed by atoms with Gasteiger partial charge in [-0.25, -0.2) is 8.78 Å². The lowest BCUT2D eigenvalue weighted by atomic mass is 9.88. The van der Waals surface area contributed by atoms with E-state index in [2.05, 4.69) is 15.5 Å². The van der Waals surface area contributed by atoms with Gasteiger partial charge in [0.15, 0.2) is 5.78 Å². The molecule has 1 aromatic heterocycles. The van der Waals surface area contributed by atoms with Crippen molar-refractivity contribution >= 4 is 5.78 Å². The molecular formula is C13H10F2N4O. The van der Waals surface area contributed by atoms with Gasteiger partial charge in [0.25, 0.3) is 0 Å². The zero-order valence-electron chi connectivity index (χ0n) is 10.3. The summed E-state index contributed by atoms with van der Waals surface area (Å²) in [6.45, 7) is 0. The Morgan fingerprint density at radius 3 is 2.75 bits per heavy atom. The molecule has 1 aromatic carbocycles. The minimum absolute atomic E-state index is 0.00689. The van der Waals surface area contributed by atoms with Crippen LogP contribution in [0.25, 0.3) is 5.69 Å². The molecule has 0 bridgehead atoms. The van der Waals surface area contributed by atoms with E-state index in [4.69, 9.17) is 0 Å². The summed E-state index contributed by atoms with van der Waals surface area (Å²) in [5.41, 5.74) is 0.190. The summed E-state index contributed by atoms with van der Waals surface area (Å²) in [5, 5.41) is 10.3. The molecule has 1 aliphatic rings. The number of benzene rings is 1. The minimum atomic E-state index is -0.612. The Bertz CT molecular complexity index is 682. The van der Waals surface area contributed by atoms with Crippen LogP contribution < -0.4 is 0 Å². The van der Waals surface area contributed by atoms with E-state index in [1.807, 2.05) is 0 Å². The number of tetrazole rings is 1. The lowest BCUT2D eigenvalue weighted by molar-refractivity contribution is -0.115. The van der Waals surface area contributed by atoms with Gasteiger partial charge < -0.3 is 0 Å². The van der Waals surface area contributed by atoms with Gasteiger partial charge in [-0.1, -0.05) is 6.08 Å². The molecule has 1 atom stereocenters. The van der Waals surface area contributed by atoms with Crippen molar-refractivity contribution in [1.82, 2.24) is 20.2 Å². The van der Waals surface area contributed by atoms with Gasteiger partial charge in [-0.3, -0.25) is 4.79 Å². The number of nitrogens with zero attached hydrogens (tertiary/aromatic N) is 4. The van der Waals surface area contributed by atoms with Gasteiger partial charge in [0.2, 0.25) is 0 Å². The molecule has 0 saturated heterocycles. The smallest absolute Gasteiger partial charge is 0.155 e. The molecule has 1 aliphatic carbocycles. The normalized spacial score (nSPS) is 18.5. The Morgan fingerprint density at radius 1 is 1.25 bits per heavy atom. The zero-order valence-corrected chi connectivity index (χ0v) is 10.3. The second-order valence-electron chi connectivity index (χ2n) is 4.55. The van der Waals surface area contributed by atoms with Gasteiger partial charge in [-0.15, -0.1) is 5.10 Å². The molecule has 3 rings (SSSR count). The van der Waals surface area contributed by atoms with Crippen LogP contribution in [0.2, 0.25) is 0 Å². The molecule has 0 spiro atoms. The quantitative estimate of drug-likeness (QED) is 0.841. The molecule has 7 heteroatoms. The molecule has 0 fully saturated rings. The lowest BCUT2D eigenvalue weighted by Gasteiger charge is -2.17. The Labute approximate surface area is 112 Å². The van der Waals surface area contributed by atoms with Crippen LogP contribution in [0, 0.1) is 11.6 Å². The van der Waals surface area contributed by atoms with Crippen molar-refractivity contribution < 1.29 is 13.6 Å². The molecule has 102 valence electrons. The highest BCUT2D eigenvalue weighted by atomic mass is 19.1. The van der Waals surface area contributed by atoms with Gasteiger partial charge in [-0.2, -0.15) is 4.68 Å². The Morgan fingerprint density at radius 2 is 2.10 bits per heavy atom. The fourth-order valence-electron chi connectivity index (χ4n) is 2.24. The topological polar surface area (TPSA) is 60.7 Å². The third-order valence-corrected chi connectivity index (χ3v) is 3.28. The molecule has 0 radical (unpaired) electrons. The number of ketones is 1. The highest BCUT2D eigenvalue weighted by molar-refractivity contribution is 5.90. The van der Waals surface area contributed by atoms with E-state index >= 15 is 0 Å². The van der Waals surface area contributed by atoms with E-state index in [1.54, 1.807) is 6.08 Å². The fourth-order valence-corrected chi connectivity index (χ4v) is 2.24. The predicted octanol–water partition coefficient (Wildman–Crippen LogP) is 1.94. The monoisotopic (exact) mass is 276 g/mol. The first-order valence-electron chi connectivity index (χ1n) is 6.08. The summed E-state index contributed by atoms with van der Waals surface area (Å²) in [4.78, 5) is 11.1. The summed E-state index contributed by atoms with van der Waals surface area (Å²) in [7, 11) is 0. The van der Waals surface area contributed by atoms with Crippen molar-refractivity contribution in [1.29, 1.82) is 0 Å². The Kier molecular flexibility index (Phi) is 3.09. The average molecular weight is 276 g/mol. The van der Waals surface area contributed by atoms with Crippen molar-refractivity contribution in [2.45, 2.75) is 18.8 Å².